The summed E-state index contributed by atoms with van der Waals surface area (Å²) >= 11 is 18.0. The quantitative estimate of drug-likeness (QED) is 0.403. The summed E-state index contributed by atoms with van der Waals surface area (Å²) in [6.07, 6.45) is 0. The van der Waals surface area contributed by atoms with E-state index in [0.29, 0.717) is 16.1 Å². The summed E-state index contributed by atoms with van der Waals surface area (Å²) in [5.41, 5.74) is 1.10. The lowest BCUT2D eigenvalue weighted by Gasteiger charge is -2.14. The van der Waals surface area contributed by atoms with E-state index in [4.69, 9.17) is 44.6 Å². The summed E-state index contributed by atoms with van der Waals surface area (Å²) in [4.78, 5) is 14.2. The second kappa shape index (κ2) is 8.73. The number of aliphatic carboxylic acids is 1. The Kier molecular flexibility index (Phi) is 6.32. The van der Waals surface area contributed by atoms with Crippen LogP contribution < -0.4 is 10.1 Å². The molecule has 0 amide bonds. The van der Waals surface area contributed by atoms with Gasteiger partial charge in [-0.25, -0.2) is 0 Å². The predicted octanol–water partition coefficient (Wildman–Crippen LogP) is 5.84. The molecule has 0 fully saturated rings. The molecule has 0 spiro atoms. The predicted molar refractivity (Wildman–Crippen MR) is 109 cm³/mol. The fourth-order valence-electron chi connectivity index (χ4n) is 2.42. The number of hydrogen-bond donors (Lipinski definition) is 3. The van der Waals surface area contributed by atoms with E-state index in [1.165, 1.54) is 18.2 Å². The van der Waals surface area contributed by atoms with Crippen LogP contribution in [0.5, 0.6) is 17.2 Å². The number of nitrogens with one attached hydrogen (secondary N) is 1. The molecule has 0 saturated heterocycles. The van der Waals surface area contributed by atoms with Crippen molar-refractivity contribution in [1.82, 2.24) is 4.98 Å². The Bertz CT molecular complexity index is 1080. The average Bonchev–Trinajstić information content (AvgIpc) is 2.69. The van der Waals surface area contributed by atoms with Crippen LogP contribution >= 0.6 is 34.8 Å². The fourth-order valence-corrected chi connectivity index (χ4v) is 3.01. The third-order valence-electron chi connectivity index (χ3n) is 3.75. The van der Waals surface area contributed by atoms with Crippen molar-refractivity contribution < 1.29 is 24.1 Å². The Morgan fingerprint density at radius 3 is 2.45 bits per heavy atom. The molecule has 3 rings (SSSR count). The molecular weight excluding hydrogens is 446 g/mol. The van der Waals surface area contributed by atoms with Gasteiger partial charge in [-0.1, -0.05) is 46.9 Å². The smallest absolute Gasteiger partial charge is 0.322 e. The van der Waals surface area contributed by atoms with Gasteiger partial charge >= 0.3 is 5.97 Å². The van der Waals surface area contributed by atoms with Crippen molar-refractivity contribution in [1.29, 1.82) is 0 Å². The van der Waals surface area contributed by atoms with Crippen LogP contribution in [-0.2, 0) is 4.79 Å². The summed E-state index contributed by atoms with van der Waals surface area (Å²) in [5, 5.41) is 21.2. The van der Waals surface area contributed by atoms with Crippen LogP contribution in [0.1, 0.15) is 0 Å². The van der Waals surface area contributed by atoms with Crippen molar-refractivity contribution in [3.63, 3.8) is 0 Å². The number of aromatic hydroxyl groups is 1. The van der Waals surface area contributed by atoms with E-state index in [2.05, 4.69) is 10.3 Å². The number of carboxylic acids is 1. The van der Waals surface area contributed by atoms with Gasteiger partial charge < -0.3 is 20.3 Å². The molecule has 0 aliphatic carbocycles. The van der Waals surface area contributed by atoms with Gasteiger partial charge in [0, 0.05) is 10.6 Å². The number of anilines is 1. The van der Waals surface area contributed by atoms with Gasteiger partial charge in [0.05, 0.1) is 0 Å². The summed E-state index contributed by atoms with van der Waals surface area (Å²) in [6.45, 7) is -0.535. The Morgan fingerprint density at radius 2 is 1.79 bits per heavy atom. The maximum Gasteiger partial charge on any atom is 0.322 e. The molecule has 29 heavy (non-hydrogen) atoms. The third-order valence-corrected chi connectivity index (χ3v) is 4.68. The minimum atomic E-state index is -1.19. The maximum atomic E-state index is 14.1. The number of halogens is 4. The third kappa shape index (κ3) is 4.82. The number of carbonyl (C=O) groups is 1. The number of carboxylic acid groups (broad SMARTS) is 1. The van der Waals surface area contributed by atoms with Gasteiger partial charge in [0.2, 0.25) is 5.95 Å². The number of hydrogen-bond acceptors (Lipinski definition) is 5. The van der Waals surface area contributed by atoms with Crippen molar-refractivity contribution in [2.75, 3.05) is 11.9 Å². The van der Waals surface area contributed by atoms with Crippen molar-refractivity contribution in [2.24, 2.45) is 0 Å². The van der Waals surface area contributed by atoms with Crippen LogP contribution in [0.25, 0.3) is 11.1 Å². The molecule has 10 heteroatoms. The van der Waals surface area contributed by atoms with E-state index < -0.39 is 23.5 Å². The van der Waals surface area contributed by atoms with E-state index in [-0.39, 0.29) is 28.1 Å². The van der Waals surface area contributed by atoms with Gasteiger partial charge in [-0.2, -0.15) is 9.37 Å². The molecular formula is C19H12Cl3FN2O4. The van der Waals surface area contributed by atoms with Crippen molar-refractivity contribution in [3.8, 4) is 28.4 Å². The van der Waals surface area contributed by atoms with Gasteiger partial charge in [-0.3, -0.25) is 4.79 Å². The summed E-state index contributed by atoms with van der Waals surface area (Å²) in [5.74, 6) is -2.57. The van der Waals surface area contributed by atoms with E-state index in [1.54, 1.807) is 24.3 Å². The summed E-state index contributed by atoms with van der Waals surface area (Å²) in [6, 6.07) is 11.1. The van der Waals surface area contributed by atoms with Crippen molar-refractivity contribution >= 4 is 46.6 Å². The number of ether oxygens (including phenoxy) is 1. The van der Waals surface area contributed by atoms with E-state index in [0.717, 1.165) is 0 Å². The summed E-state index contributed by atoms with van der Waals surface area (Å²) in [7, 11) is 0. The number of phenolic OH excluding ortho intramolecular Hbond substituents is 1. The number of rotatable bonds is 6. The molecule has 2 aromatic carbocycles. The first-order valence-corrected chi connectivity index (χ1v) is 9.16. The number of benzene rings is 2. The van der Waals surface area contributed by atoms with E-state index >= 15 is 0 Å². The highest BCUT2D eigenvalue weighted by Gasteiger charge is 2.21. The largest absolute Gasteiger partial charge is 0.507 e. The van der Waals surface area contributed by atoms with Crippen LogP contribution in [0, 0.1) is 5.95 Å². The van der Waals surface area contributed by atoms with E-state index in [9.17, 15) is 14.3 Å². The molecule has 0 atom stereocenters. The van der Waals surface area contributed by atoms with Gasteiger partial charge in [-0.05, 0) is 35.9 Å². The normalized spacial score (nSPS) is 10.6. The molecule has 6 nitrogen and oxygen atoms in total. The number of nitrogens with zero attached hydrogens (tertiary/aromatic N) is 1. The minimum absolute atomic E-state index is 0.0124. The molecule has 0 radical (unpaired) electrons. The number of phenols is 1. The highest BCUT2D eigenvalue weighted by atomic mass is 35.5. The first kappa shape index (κ1) is 21.0. The second-order valence-electron chi connectivity index (χ2n) is 5.74. The number of pyridine rings is 1. The second-order valence-corrected chi connectivity index (χ2v) is 6.94. The zero-order valence-electron chi connectivity index (χ0n) is 14.4. The molecule has 150 valence electrons. The van der Waals surface area contributed by atoms with Gasteiger partial charge in [0.25, 0.3) is 0 Å². The minimum Gasteiger partial charge on any atom is -0.507 e. The molecule has 3 N–H and O–H groups in total. The zero-order valence-corrected chi connectivity index (χ0v) is 16.7. The SMILES string of the molecule is O=C(O)CNc1nc(F)c(Cl)c(Oc2ccc(O)c(-c3ccc(Cl)cc3)c2)c1Cl. The van der Waals surface area contributed by atoms with Crippen LogP contribution in [0.3, 0.4) is 0 Å². The monoisotopic (exact) mass is 456 g/mol. The lowest BCUT2D eigenvalue weighted by atomic mass is 10.0. The number of aromatic nitrogens is 1. The lowest BCUT2D eigenvalue weighted by Crippen LogP contribution is -2.14. The molecule has 1 aromatic heterocycles. The van der Waals surface area contributed by atoms with Crippen molar-refractivity contribution in [3.05, 3.63) is 63.5 Å². The molecule has 3 aromatic rings. The molecule has 0 unspecified atom stereocenters. The molecule has 0 saturated carbocycles. The van der Waals surface area contributed by atoms with E-state index in [1.807, 2.05) is 0 Å². The Labute approximate surface area is 179 Å². The highest BCUT2D eigenvalue weighted by Crippen LogP contribution is 2.42. The Hall–Kier alpha value is -2.74. The van der Waals surface area contributed by atoms with Gasteiger partial charge in [0.1, 0.15) is 28.1 Å². The van der Waals surface area contributed by atoms with Gasteiger partial charge in [0.15, 0.2) is 11.6 Å². The molecule has 1 heterocycles. The molecule has 0 bridgehead atoms. The topological polar surface area (TPSA) is 91.7 Å². The highest BCUT2D eigenvalue weighted by molar-refractivity contribution is 6.38. The molecule has 0 aliphatic heterocycles. The van der Waals surface area contributed by atoms with Crippen molar-refractivity contribution in [2.45, 2.75) is 0 Å². The van der Waals surface area contributed by atoms with Crippen LogP contribution in [0.2, 0.25) is 15.1 Å². The van der Waals surface area contributed by atoms with Gasteiger partial charge in [-0.15, -0.1) is 0 Å². The Morgan fingerprint density at radius 1 is 1.10 bits per heavy atom. The standard InChI is InChI=1S/C19H12Cl3FN2O4/c20-10-3-1-9(2-4-10)12-7-11(5-6-13(12)26)29-17-15(21)18(23)25-19(16(17)22)24-8-14(27)28/h1-7,26H,8H2,(H,24,25)(H,27,28). The average molecular weight is 458 g/mol. The van der Waals surface area contributed by atoms with Crippen LogP contribution in [0.4, 0.5) is 10.2 Å². The lowest BCUT2D eigenvalue weighted by molar-refractivity contribution is -0.134. The first-order chi connectivity index (χ1) is 13.8. The van der Waals surface area contributed by atoms with Crippen LogP contribution in [0.15, 0.2) is 42.5 Å². The summed E-state index contributed by atoms with van der Waals surface area (Å²) < 4.78 is 19.7. The molecule has 0 aliphatic rings. The first-order valence-electron chi connectivity index (χ1n) is 8.03. The maximum absolute atomic E-state index is 14.1. The fraction of sp³-hybridized carbons (Fsp3) is 0.0526. The Balaban J connectivity index is 1.98. The zero-order chi connectivity index (χ0) is 21.1. The van der Waals surface area contributed by atoms with Crippen LogP contribution in [-0.4, -0.2) is 27.7 Å².